The van der Waals surface area contributed by atoms with Gasteiger partial charge in [-0.2, -0.15) is 0 Å². The third-order valence-electron chi connectivity index (χ3n) is 5.86. The van der Waals surface area contributed by atoms with Crippen LogP contribution >= 0.6 is 0 Å². The Hall–Kier alpha value is -1.44. The maximum absolute atomic E-state index is 3.87. The second kappa shape index (κ2) is 9.31. The van der Waals surface area contributed by atoms with Crippen LogP contribution in [-0.4, -0.2) is 12.1 Å². The van der Waals surface area contributed by atoms with Gasteiger partial charge >= 0.3 is 0 Å². The van der Waals surface area contributed by atoms with Crippen molar-refractivity contribution in [1.82, 2.24) is 0 Å². The van der Waals surface area contributed by atoms with Crippen LogP contribution in [0.1, 0.15) is 88.7 Å². The summed E-state index contributed by atoms with van der Waals surface area (Å²) < 4.78 is 0. The molecule has 2 nitrogen and oxygen atoms in total. The predicted molar refractivity (Wildman–Crippen MR) is 111 cm³/mol. The highest BCUT2D eigenvalue weighted by atomic mass is 14.9. The number of aryl methyl sites for hydroxylation is 1. The molecule has 0 spiro atoms. The van der Waals surface area contributed by atoms with E-state index in [0.717, 1.165) is 6.42 Å². The van der Waals surface area contributed by atoms with E-state index in [-0.39, 0.29) is 0 Å². The molecule has 0 bridgehead atoms. The van der Waals surface area contributed by atoms with Crippen molar-refractivity contribution in [1.29, 1.82) is 0 Å². The molecule has 0 aromatic heterocycles. The minimum absolute atomic E-state index is 0.646. The van der Waals surface area contributed by atoms with E-state index < -0.39 is 0 Å². The molecule has 2 aliphatic carbocycles. The summed E-state index contributed by atoms with van der Waals surface area (Å²) in [7, 11) is 0. The first-order valence-electron chi connectivity index (χ1n) is 10.6. The van der Waals surface area contributed by atoms with Crippen molar-refractivity contribution in [3.63, 3.8) is 0 Å². The molecular formula is C23H36N2. The lowest BCUT2D eigenvalue weighted by Gasteiger charge is -2.28. The Morgan fingerprint density at radius 1 is 0.840 bits per heavy atom. The van der Waals surface area contributed by atoms with Crippen molar-refractivity contribution < 1.29 is 0 Å². The number of hydrogen-bond acceptors (Lipinski definition) is 2. The molecular weight excluding hydrogens is 304 g/mol. The van der Waals surface area contributed by atoms with Crippen LogP contribution in [0.5, 0.6) is 0 Å². The third kappa shape index (κ3) is 5.26. The van der Waals surface area contributed by atoms with Crippen LogP contribution in [0.4, 0.5) is 11.4 Å². The number of nitrogens with one attached hydrogen (secondary N) is 2. The first-order chi connectivity index (χ1) is 12.3. The molecule has 2 heteroatoms. The van der Waals surface area contributed by atoms with E-state index in [0.29, 0.717) is 12.1 Å². The van der Waals surface area contributed by atoms with E-state index in [4.69, 9.17) is 0 Å². The Kier molecular flexibility index (Phi) is 6.84. The lowest BCUT2D eigenvalue weighted by molar-refractivity contribution is 0.461. The maximum Gasteiger partial charge on any atom is 0.0436 e. The average molecular weight is 341 g/mol. The van der Waals surface area contributed by atoms with E-state index in [9.17, 15) is 0 Å². The number of allylic oxidation sites excluding steroid dienone is 1. The van der Waals surface area contributed by atoms with Crippen LogP contribution in [0.2, 0.25) is 0 Å². The van der Waals surface area contributed by atoms with Crippen LogP contribution in [0.3, 0.4) is 0 Å². The number of benzene rings is 1. The quantitative estimate of drug-likeness (QED) is 0.588. The smallest absolute Gasteiger partial charge is 0.0436 e. The van der Waals surface area contributed by atoms with Gasteiger partial charge in [0.1, 0.15) is 0 Å². The van der Waals surface area contributed by atoms with E-state index >= 15 is 0 Å². The van der Waals surface area contributed by atoms with Crippen molar-refractivity contribution in [3.05, 3.63) is 29.3 Å². The largest absolute Gasteiger partial charge is 0.382 e. The first-order valence-corrected chi connectivity index (χ1v) is 10.6. The van der Waals surface area contributed by atoms with Crippen molar-refractivity contribution in [2.75, 3.05) is 10.6 Å². The molecule has 0 amide bonds. The Balaban J connectivity index is 1.80. The molecule has 0 atom stereocenters. The average Bonchev–Trinajstić information content (AvgIpc) is 2.65. The van der Waals surface area contributed by atoms with Gasteiger partial charge in [-0.05, 0) is 62.3 Å². The SMILES string of the molecule is CCC=Cc1cc(C)c(NC2CCCCC2)cc1NC1CCCCC1. The highest BCUT2D eigenvalue weighted by Gasteiger charge is 2.17. The number of anilines is 2. The Labute approximate surface area is 154 Å². The summed E-state index contributed by atoms with van der Waals surface area (Å²) in [6, 6.07) is 6.05. The molecule has 0 unspecified atom stereocenters. The Morgan fingerprint density at radius 2 is 1.40 bits per heavy atom. The second-order valence-corrected chi connectivity index (χ2v) is 8.02. The summed E-state index contributed by atoms with van der Waals surface area (Å²) in [6.45, 7) is 4.45. The van der Waals surface area contributed by atoms with Gasteiger partial charge in [0.25, 0.3) is 0 Å². The third-order valence-corrected chi connectivity index (χ3v) is 5.86. The molecule has 0 heterocycles. The van der Waals surface area contributed by atoms with Gasteiger partial charge in [0.05, 0.1) is 0 Å². The molecule has 0 saturated heterocycles. The molecule has 1 aromatic rings. The summed E-state index contributed by atoms with van der Waals surface area (Å²) in [5.74, 6) is 0. The van der Waals surface area contributed by atoms with Crippen LogP contribution < -0.4 is 10.6 Å². The summed E-state index contributed by atoms with van der Waals surface area (Å²) >= 11 is 0. The molecule has 2 fully saturated rings. The molecule has 0 aliphatic heterocycles. The molecule has 2 aliphatic rings. The van der Waals surface area contributed by atoms with Crippen LogP contribution in [0.15, 0.2) is 18.2 Å². The van der Waals surface area contributed by atoms with Gasteiger partial charge in [-0.3, -0.25) is 0 Å². The van der Waals surface area contributed by atoms with Crippen LogP contribution in [0.25, 0.3) is 6.08 Å². The fourth-order valence-corrected chi connectivity index (χ4v) is 4.33. The number of hydrogen-bond donors (Lipinski definition) is 2. The van der Waals surface area contributed by atoms with Gasteiger partial charge < -0.3 is 10.6 Å². The Morgan fingerprint density at radius 3 is 1.96 bits per heavy atom. The molecule has 3 rings (SSSR count). The zero-order valence-electron chi connectivity index (χ0n) is 16.2. The zero-order valence-corrected chi connectivity index (χ0v) is 16.2. The van der Waals surface area contributed by atoms with Crippen LogP contribution in [-0.2, 0) is 0 Å². The minimum Gasteiger partial charge on any atom is -0.382 e. The normalized spacial score (nSPS) is 20.1. The van der Waals surface area contributed by atoms with Gasteiger partial charge in [-0.15, -0.1) is 0 Å². The summed E-state index contributed by atoms with van der Waals surface area (Å²) in [6.07, 6.45) is 19.2. The van der Waals surface area contributed by atoms with Gasteiger partial charge in [0.2, 0.25) is 0 Å². The fraction of sp³-hybridized carbons (Fsp3) is 0.652. The molecule has 25 heavy (non-hydrogen) atoms. The van der Waals surface area contributed by atoms with E-state index in [1.54, 1.807) is 0 Å². The lowest BCUT2D eigenvalue weighted by atomic mass is 9.94. The molecule has 0 radical (unpaired) electrons. The van der Waals surface area contributed by atoms with Crippen molar-refractivity contribution in [2.24, 2.45) is 0 Å². The van der Waals surface area contributed by atoms with Gasteiger partial charge in [0.15, 0.2) is 0 Å². The monoisotopic (exact) mass is 340 g/mol. The molecule has 138 valence electrons. The number of rotatable bonds is 6. The lowest BCUT2D eigenvalue weighted by Crippen LogP contribution is -2.24. The molecule has 1 aromatic carbocycles. The summed E-state index contributed by atoms with van der Waals surface area (Å²) in [5, 5.41) is 7.72. The zero-order chi connectivity index (χ0) is 17.5. The highest BCUT2D eigenvalue weighted by molar-refractivity contribution is 5.74. The van der Waals surface area contributed by atoms with Crippen LogP contribution in [0, 0.1) is 6.92 Å². The van der Waals surface area contributed by atoms with Crippen molar-refractivity contribution in [3.8, 4) is 0 Å². The predicted octanol–water partition coefficient (Wildman–Crippen LogP) is 6.91. The summed E-state index contributed by atoms with van der Waals surface area (Å²) in [5.41, 5.74) is 5.37. The van der Waals surface area contributed by atoms with Crippen molar-refractivity contribution >= 4 is 17.5 Å². The fourth-order valence-electron chi connectivity index (χ4n) is 4.33. The topological polar surface area (TPSA) is 24.1 Å². The minimum atomic E-state index is 0.646. The van der Waals surface area contributed by atoms with Gasteiger partial charge in [-0.1, -0.05) is 57.6 Å². The maximum atomic E-state index is 3.87. The summed E-state index contributed by atoms with van der Waals surface area (Å²) in [4.78, 5) is 0. The van der Waals surface area contributed by atoms with Gasteiger partial charge in [-0.25, -0.2) is 0 Å². The van der Waals surface area contributed by atoms with E-state index in [2.05, 4.69) is 48.8 Å². The second-order valence-electron chi connectivity index (χ2n) is 8.02. The highest BCUT2D eigenvalue weighted by Crippen LogP contribution is 2.31. The molecule has 2 saturated carbocycles. The standard InChI is InChI=1S/C23H36N2/c1-3-4-11-19-16-18(2)22(24-20-12-7-5-8-13-20)17-23(19)25-21-14-9-6-10-15-21/h4,11,16-17,20-21,24-25H,3,5-10,12-15H2,1-2H3. The Bertz CT molecular complexity index is 564. The van der Waals surface area contributed by atoms with Gasteiger partial charge in [0, 0.05) is 23.5 Å². The van der Waals surface area contributed by atoms with E-state index in [1.165, 1.54) is 86.7 Å². The van der Waals surface area contributed by atoms with E-state index in [1.807, 2.05) is 0 Å². The molecule has 2 N–H and O–H groups in total. The first kappa shape index (κ1) is 18.4. The van der Waals surface area contributed by atoms with Crippen molar-refractivity contribution in [2.45, 2.75) is 96.6 Å².